The number of carbonyl (C=O) groups is 1. The van der Waals surface area contributed by atoms with Crippen LogP contribution in [0.25, 0.3) is 27.7 Å². The molecule has 0 spiro atoms. The van der Waals surface area contributed by atoms with Crippen LogP contribution in [-0.2, 0) is 9.53 Å². The third-order valence-electron chi connectivity index (χ3n) is 5.42. The summed E-state index contributed by atoms with van der Waals surface area (Å²) in [6, 6.07) is 7.75. The Morgan fingerprint density at radius 1 is 1.34 bits per heavy atom. The second-order valence-corrected chi connectivity index (χ2v) is 7.68. The zero-order valence-corrected chi connectivity index (χ0v) is 17.6. The SMILES string of the molecule is N=C/C(=C\[NH2+]CC(N)=O)c1cnc2[nH]cc(-c3ccc(OC4CCOCC4)c(N)c3)c2c1. The van der Waals surface area contributed by atoms with Gasteiger partial charge in [0, 0.05) is 48.0 Å². The van der Waals surface area contributed by atoms with Gasteiger partial charge in [0.25, 0.3) is 5.91 Å². The highest BCUT2D eigenvalue weighted by atomic mass is 16.5. The number of hydrogen-bond acceptors (Lipinski definition) is 6. The molecule has 0 unspecified atom stereocenters. The molecule has 1 amide bonds. The summed E-state index contributed by atoms with van der Waals surface area (Å²) in [5.74, 6) is 0.257. The van der Waals surface area contributed by atoms with E-state index >= 15 is 0 Å². The maximum Gasteiger partial charge on any atom is 0.272 e. The summed E-state index contributed by atoms with van der Waals surface area (Å²) >= 11 is 0. The minimum Gasteiger partial charge on any atom is -0.488 e. The zero-order valence-electron chi connectivity index (χ0n) is 17.6. The molecule has 166 valence electrons. The van der Waals surface area contributed by atoms with Gasteiger partial charge in [-0.2, -0.15) is 0 Å². The zero-order chi connectivity index (χ0) is 22.5. The van der Waals surface area contributed by atoms with Crippen molar-refractivity contribution in [2.75, 3.05) is 25.5 Å². The monoisotopic (exact) mass is 435 g/mol. The number of ether oxygens (including phenoxy) is 2. The molecular formula is C23H27N6O3+. The number of nitrogen functional groups attached to an aromatic ring is 1. The predicted molar refractivity (Wildman–Crippen MR) is 123 cm³/mol. The first-order valence-electron chi connectivity index (χ1n) is 10.5. The molecule has 3 aromatic rings. The van der Waals surface area contributed by atoms with Crippen molar-refractivity contribution in [1.29, 1.82) is 5.41 Å². The molecule has 8 N–H and O–H groups in total. The van der Waals surface area contributed by atoms with Crippen LogP contribution in [0.2, 0.25) is 0 Å². The van der Waals surface area contributed by atoms with Crippen molar-refractivity contribution >= 4 is 34.4 Å². The van der Waals surface area contributed by atoms with Crippen LogP contribution < -0.4 is 21.5 Å². The predicted octanol–water partition coefficient (Wildman–Crippen LogP) is 1.41. The molecule has 1 saturated heterocycles. The Morgan fingerprint density at radius 2 is 2.16 bits per heavy atom. The van der Waals surface area contributed by atoms with Gasteiger partial charge in [0.1, 0.15) is 23.7 Å². The maximum absolute atomic E-state index is 11.0. The van der Waals surface area contributed by atoms with E-state index in [1.807, 2.05) is 30.5 Å². The van der Waals surface area contributed by atoms with E-state index in [1.54, 1.807) is 17.7 Å². The Hall–Kier alpha value is -3.69. The number of amides is 1. The fourth-order valence-electron chi connectivity index (χ4n) is 3.73. The second-order valence-electron chi connectivity index (χ2n) is 7.68. The number of fused-ring (bicyclic) bond motifs is 1. The molecule has 0 radical (unpaired) electrons. The van der Waals surface area contributed by atoms with E-state index in [2.05, 4.69) is 9.97 Å². The second kappa shape index (κ2) is 9.63. The van der Waals surface area contributed by atoms with Crippen LogP contribution in [0.1, 0.15) is 18.4 Å². The van der Waals surface area contributed by atoms with Crippen LogP contribution in [-0.4, -0.2) is 48.0 Å². The molecule has 0 bridgehead atoms. The quantitative estimate of drug-likeness (QED) is 0.267. The van der Waals surface area contributed by atoms with Gasteiger partial charge < -0.3 is 36.7 Å². The van der Waals surface area contributed by atoms with E-state index in [0.29, 0.717) is 30.2 Å². The van der Waals surface area contributed by atoms with Gasteiger partial charge in [-0.25, -0.2) is 4.98 Å². The number of carbonyl (C=O) groups excluding carboxylic acids is 1. The Morgan fingerprint density at radius 3 is 2.88 bits per heavy atom. The molecule has 0 aliphatic carbocycles. The summed E-state index contributed by atoms with van der Waals surface area (Å²) in [6.45, 7) is 1.53. The Balaban J connectivity index is 1.61. The standard InChI is InChI=1S/C23H26N6O3/c24-9-16(10-27-13-22(26)30)15-7-18-19(12-29-23(18)28-11-15)14-1-2-21(20(25)8-14)32-17-3-5-31-6-4-17/h1-2,7-12,17,24,27H,3-6,13,25H2,(H2,26,30)(H,28,29)/p+1/b16-10+,24-9?. The molecule has 1 aromatic carbocycles. The number of pyridine rings is 1. The fraction of sp³-hybridized carbons (Fsp3) is 0.261. The smallest absolute Gasteiger partial charge is 0.272 e. The van der Waals surface area contributed by atoms with E-state index in [0.717, 1.165) is 40.6 Å². The first-order valence-corrected chi connectivity index (χ1v) is 10.5. The molecule has 1 aliphatic rings. The van der Waals surface area contributed by atoms with Gasteiger partial charge in [0.05, 0.1) is 24.5 Å². The number of H-pyrrole nitrogens is 1. The number of nitrogens with two attached hydrogens (primary N) is 3. The number of primary amides is 1. The molecule has 2 aromatic heterocycles. The van der Waals surface area contributed by atoms with Crippen LogP contribution in [0.3, 0.4) is 0 Å². The summed E-state index contributed by atoms with van der Waals surface area (Å²) in [5.41, 5.74) is 16.1. The topological polar surface area (TPSA) is 157 Å². The molecule has 3 heterocycles. The van der Waals surface area contributed by atoms with Crippen molar-refractivity contribution in [3.8, 4) is 16.9 Å². The number of nitrogens with zero attached hydrogens (tertiary/aromatic N) is 1. The number of allylic oxidation sites excluding steroid dienone is 1. The minimum atomic E-state index is -0.422. The van der Waals surface area contributed by atoms with Gasteiger partial charge in [0.2, 0.25) is 0 Å². The third-order valence-corrected chi connectivity index (χ3v) is 5.42. The van der Waals surface area contributed by atoms with Crippen LogP contribution >= 0.6 is 0 Å². The third kappa shape index (κ3) is 4.79. The van der Waals surface area contributed by atoms with Crippen molar-refractivity contribution in [2.24, 2.45) is 5.73 Å². The van der Waals surface area contributed by atoms with Gasteiger partial charge in [-0.05, 0) is 23.8 Å². The largest absolute Gasteiger partial charge is 0.488 e. The number of aromatic amines is 1. The highest BCUT2D eigenvalue weighted by Crippen LogP contribution is 2.34. The van der Waals surface area contributed by atoms with Gasteiger partial charge in [0.15, 0.2) is 6.54 Å². The van der Waals surface area contributed by atoms with Crippen LogP contribution in [0.4, 0.5) is 5.69 Å². The first-order chi connectivity index (χ1) is 15.5. The van der Waals surface area contributed by atoms with E-state index in [4.69, 9.17) is 26.4 Å². The number of quaternary nitrogens is 1. The number of benzene rings is 1. The van der Waals surface area contributed by atoms with Crippen LogP contribution in [0.5, 0.6) is 5.75 Å². The summed E-state index contributed by atoms with van der Waals surface area (Å²) in [6.07, 6.45) is 8.35. The highest BCUT2D eigenvalue weighted by Gasteiger charge is 2.17. The summed E-state index contributed by atoms with van der Waals surface area (Å²) in [7, 11) is 0. The molecule has 32 heavy (non-hydrogen) atoms. The average molecular weight is 436 g/mol. The molecule has 0 saturated carbocycles. The lowest BCUT2D eigenvalue weighted by atomic mass is 10.0. The molecule has 9 heteroatoms. The normalized spacial score (nSPS) is 15.1. The Bertz CT molecular complexity index is 1160. The molecule has 1 fully saturated rings. The summed E-state index contributed by atoms with van der Waals surface area (Å²) < 4.78 is 11.5. The van der Waals surface area contributed by atoms with E-state index < -0.39 is 5.91 Å². The number of nitrogens with one attached hydrogen (secondary N) is 2. The van der Waals surface area contributed by atoms with Crippen molar-refractivity contribution in [2.45, 2.75) is 18.9 Å². The number of hydrogen-bond donors (Lipinski definition) is 5. The number of aromatic nitrogens is 2. The Labute approximate surface area is 185 Å². The van der Waals surface area contributed by atoms with Crippen molar-refractivity contribution in [1.82, 2.24) is 9.97 Å². The molecule has 0 atom stereocenters. The van der Waals surface area contributed by atoms with Gasteiger partial charge in [-0.15, -0.1) is 0 Å². The summed E-state index contributed by atoms with van der Waals surface area (Å²) in [4.78, 5) is 18.6. The van der Waals surface area contributed by atoms with Crippen molar-refractivity contribution < 1.29 is 19.6 Å². The van der Waals surface area contributed by atoms with E-state index in [1.165, 1.54) is 6.21 Å². The van der Waals surface area contributed by atoms with Crippen molar-refractivity contribution in [3.05, 3.63) is 48.4 Å². The highest BCUT2D eigenvalue weighted by molar-refractivity contribution is 6.09. The molecular weight excluding hydrogens is 408 g/mol. The number of rotatable bonds is 8. The van der Waals surface area contributed by atoms with Crippen molar-refractivity contribution in [3.63, 3.8) is 0 Å². The molecule has 9 nitrogen and oxygen atoms in total. The van der Waals surface area contributed by atoms with Gasteiger partial charge in [-0.1, -0.05) is 6.07 Å². The van der Waals surface area contributed by atoms with Crippen LogP contribution in [0.15, 0.2) is 42.9 Å². The van der Waals surface area contributed by atoms with Gasteiger partial charge >= 0.3 is 0 Å². The molecule has 4 rings (SSSR count). The Kier molecular flexibility index (Phi) is 6.48. The lowest BCUT2D eigenvalue weighted by Gasteiger charge is -2.24. The fourth-order valence-corrected chi connectivity index (χ4v) is 3.73. The first kappa shape index (κ1) is 21.5. The summed E-state index contributed by atoms with van der Waals surface area (Å²) in [5, 5.41) is 10.3. The lowest BCUT2D eigenvalue weighted by Crippen LogP contribution is -2.81. The number of anilines is 1. The maximum atomic E-state index is 11.0. The lowest BCUT2D eigenvalue weighted by molar-refractivity contribution is -0.574. The molecule has 1 aliphatic heterocycles. The van der Waals surface area contributed by atoms with Crippen LogP contribution in [0, 0.1) is 5.41 Å². The van der Waals surface area contributed by atoms with Gasteiger partial charge in [-0.3, -0.25) is 4.79 Å². The minimum absolute atomic E-state index is 0.115. The van der Waals surface area contributed by atoms with E-state index in [-0.39, 0.29) is 12.6 Å². The average Bonchev–Trinajstić information content (AvgIpc) is 3.22. The van der Waals surface area contributed by atoms with E-state index in [9.17, 15) is 4.79 Å².